The van der Waals surface area contributed by atoms with Crippen LogP contribution in [0.2, 0.25) is 0 Å². The molecule has 7 nitrogen and oxygen atoms in total. The largest absolute Gasteiger partial charge is 0.359 e. The predicted octanol–water partition coefficient (Wildman–Crippen LogP) is 4.07. The lowest BCUT2D eigenvalue weighted by Gasteiger charge is -2.12. The fraction of sp³-hybridized carbons (Fsp3) is 0.222. The Morgan fingerprint density at radius 1 is 1.04 bits per heavy atom. The van der Waals surface area contributed by atoms with E-state index in [2.05, 4.69) is 25.8 Å². The molecule has 0 aliphatic heterocycles. The van der Waals surface area contributed by atoms with Gasteiger partial charge in [-0.25, -0.2) is 14.8 Å². The molecule has 0 atom stereocenters. The van der Waals surface area contributed by atoms with Crippen molar-refractivity contribution in [1.29, 1.82) is 0 Å². The number of hydrogen-bond acceptors (Lipinski definition) is 5. The number of nitrogens with one attached hydrogen (secondary N) is 2. The smallest absolute Gasteiger partial charge is 0.324 e. The molecule has 0 spiro atoms. The summed E-state index contributed by atoms with van der Waals surface area (Å²) in [4.78, 5) is 20.2. The van der Waals surface area contributed by atoms with Gasteiger partial charge in [0.05, 0.1) is 0 Å². The van der Waals surface area contributed by atoms with Crippen molar-refractivity contribution >= 4 is 17.5 Å². The molecule has 7 heteroatoms. The minimum atomic E-state index is -0.393. The van der Waals surface area contributed by atoms with E-state index in [0.717, 1.165) is 11.1 Å². The third-order valence-electron chi connectivity index (χ3n) is 3.51. The van der Waals surface area contributed by atoms with Crippen molar-refractivity contribution in [3.05, 3.63) is 54.8 Å². The number of carbonyl (C=O) groups is 1. The number of rotatable bonds is 3. The molecule has 3 rings (SSSR count). The molecule has 2 aromatic heterocycles. The van der Waals surface area contributed by atoms with Gasteiger partial charge in [0.15, 0.2) is 5.82 Å². The van der Waals surface area contributed by atoms with Crippen molar-refractivity contribution < 1.29 is 9.32 Å². The fourth-order valence-corrected chi connectivity index (χ4v) is 2.19. The van der Waals surface area contributed by atoms with Gasteiger partial charge in [-0.3, -0.25) is 5.32 Å². The highest BCUT2D eigenvalue weighted by Gasteiger charge is 2.20. The molecule has 0 aliphatic rings. The maximum absolute atomic E-state index is 12.2. The van der Waals surface area contributed by atoms with Crippen LogP contribution >= 0.6 is 0 Å². The van der Waals surface area contributed by atoms with Crippen LogP contribution in [0.4, 0.5) is 16.3 Å². The normalized spacial score (nSPS) is 11.2. The molecular formula is C18H19N5O2. The second kappa shape index (κ2) is 6.72. The second-order valence-electron chi connectivity index (χ2n) is 6.61. The molecule has 0 fully saturated rings. The van der Waals surface area contributed by atoms with Crippen molar-refractivity contribution in [2.24, 2.45) is 0 Å². The van der Waals surface area contributed by atoms with Gasteiger partial charge in [-0.05, 0) is 17.7 Å². The van der Waals surface area contributed by atoms with E-state index < -0.39 is 6.03 Å². The number of hydrogen-bond donors (Lipinski definition) is 2. The number of benzene rings is 1. The van der Waals surface area contributed by atoms with E-state index in [9.17, 15) is 4.79 Å². The third kappa shape index (κ3) is 4.20. The van der Waals surface area contributed by atoms with Crippen LogP contribution in [-0.2, 0) is 5.41 Å². The van der Waals surface area contributed by atoms with Gasteiger partial charge in [0.25, 0.3) is 0 Å². The summed E-state index contributed by atoms with van der Waals surface area (Å²) in [7, 11) is 0. The molecule has 0 saturated heterocycles. The predicted molar refractivity (Wildman–Crippen MR) is 95.3 cm³/mol. The van der Waals surface area contributed by atoms with Gasteiger partial charge in [-0.2, -0.15) is 0 Å². The lowest BCUT2D eigenvalue weighted by atomic mass is 9.93. The summed E-state index contributed by atoms with van der Waals surface area (Å²) in [5, 5.41) is 9.30. The number of aromatic nitrogens is 3. The first kappa shape index (κ1) is 16.6. The number of carbonyl (C=O) groups excluding carboxylic acids is 1. The zero-order chi connectivity index (χ0) is 17.9. The number of urea groups is 1. The SMILES string of the molecule is CC(C)(C)c1cc(NC(=O)Nc2cccc(-c3cncnc3)c2)no1. The second-order valence-corrected chi connectivity index (χ2v) is 6.61. The Hall–Kier alpha value is -3.22. The van der Waals surface area contributed by atoms with E-state index in [-0.39, 0.29) is 5.41 Å². The molecule has 2 amide bonds. The van der Waals surface area contributed by atoms with Gasteiger partial charge in [0, 0.05) is 35.1 Å². The van der Waals surface area contributed by atoms with Crippen LogP contribution in [0.1, 0.15) is 26.5 Å². The van der Waals surface area contributed by atoms with Crippen molar-refractivity contribution in [2.45, 2.75) is 26.2 Å². The van der Waals surface area contributed by atoms with Gasteiger partial charge in [0.2, 0.25) is 0 Å². The Kier molecular flexibility index (Phi) is 4.47. The molecule has 0 unspecified atom stereocenters. The van der Waals surface area contributed by atoms with Crippen molar-refractivity contribution in [3.63, 3.8) is 0 Å². The van der Waals surface area contributed by atoms with E-state index in [1.807, 2.05) is 39.0 Å². The van der Waals surface area contributed by atoms with Crippen LogP contribution in [0.25, 0.3) is 11.1 Å². The van der Waals surface area contributed by atoms with E-state index in [1.54, 1.807) is 24.5 Å². The molecule has 2 heterocycles. The molecule has 2 N–H and O–H groups in total. The average Bonchev–Trinajstić information content (AvgIpc) is 3.04. The monoisotopic (exact) mass is 337 g/mol. The summed E-state index contributed by atoms with van der Waals surface area (Å²) in [5.41, 5.74) is 2.27. The lowest BCUT2D eigenvalue weighted by Crippen LogP contribution is -2.19. The van der Waals surface area contributed by atoms with Gasteiger partial charge >= 0.3 is 6.03 Å². The molecule has 3 aromatic rings. The molecule has 25 heavy (non-hydrogen) atoms. The summed E-state index contributed by atoms with van der Waals surface area (Å²) in [5.74, 6) is 1.07. The van der Waals surface area contributed by atoms with Crippen LogP contribution in [0.3, 0.4) is 0 Å². The summed E-state index contributed by atoms with van der Waals surface area (Å²) < 4.78 is 5.25. The Morgan fingerprint density at radius 2 is 1.80 bits per heavy atom. The third-order valence-corrected chi connectivity index (χ3v) is 3.51. The summed E-state index contributed by atoms with van der Waals surface area (Å²) >= 11 is 0. The van der Waals surface area contributed by atoms with Crippen LogP contribution in [0, 0.1) is 0 Å². The average molecular weight is 337 g/mol. The fourth-order valence-electron chi connectivity index (χ4n) is 2.19. The zero-order valence-electron chi connectivity index (χ0n) is 14.3. The van der Waals surface area contributed by atoms with Gasteiger partial charge in [-0.15, -0.1) is 0 Å². The molecule has 0 bridgehead atoms. The van der Waals surface area contributed by atoms with Crippen LogP contribution < -0.4 is 10.6 Å². The first-order valence-electron chi connectivity index (χ1n) is 7.82. The highest BCUT2D eigenvalue weighted by atomic mass is 16.5. The number of anilines is 2. The van der Waals surface area contributed by atoms with Gasteiger partial charge in [-0.1, -0.05) is 38.1 Å². The Bertz CT molecular complexity index is 868. The number of nitrogens with zero attached hydrogens (tertiary/aromatic N) is 3. The molecule has 0 radical (unpaired) electrons. The lowest BCUT2D eigenvalue weighted by molar-refractivity contribution is 0.262. The van der Waals surface area contributed by atoms with Crippen molar-refractivity contribution in [3.8, 4) is 11.1 Å². The zero-order valence-corrected chi connectivity index (χ0v) is 14.3. The quantitative estimate of drug-likeness (QED) is 0.751. The van der Waals surface area contributed by atoms with Crippen LogP contribution in [-0.4, -0.2) is 21.2 Å². The van der Waals surface area contributed by atoms with Crippen LogP contribution in [0.5, 0.6) is 0 Å². The van der Waals surface area contributed by atoms with E-state index in [1.165, 1.54) is 6.33 Å². The summed E-state index contributed by atoms with van der Waals surface area (Å²) in [6, 6.07) is 8.76. The van der Waals surface area contributed by atoms with Gasteiger partial charge in [0.1, 0.15) is 12.1 Å². The summed E-state index contributed by atoms with van der Waals surface area (Å²) in [6.45, 7) is 6.03. The topological polar surface area (TPSA) is 92.9 Å². The van der Waals surface area contributed by atoms with E-state index in [4.69, 9.17) is 4.52 Å². The van der Waals surface area contributed by atoms with Gasteiger partial charge < -0.3 is 9.84 Å². The van der Waals surface area contributed by atoms with Crippen LogP contribution in [0.15, 0.2) is 53.6 Å². The van der Waals surface area contributed by atoms with E-state index in [0.29, 0.717) is 17.3 Å². The van der Waals surface area contributed by atoms with E-state index >= 15 is 0 Å². The summed E-state index contributed by atoms with van der Waals surface area (Å²) in [6.07, 6.45) is 4.91. The molecular weight excluding hydrogens is 318 g/mol. The Labute approximate surface area is 145 Å². The standard InChI is InChI=1S/C18H19N5O2/c1-18(2,3)15-8-16(23-25-15)22-17(24)21-14-6-4-5-12(7-14)13-9-19-11-20-10-13/h4-11H,1-3H3,(H2,21,22,23,24). The maximum Gasteiger partial charge on any atom is 0.324 e. The van der Waals surface area contributed by atoms with Crippen molar-refractivity contribution in [1.82, 2.24) is 15.1 Å². The minimum absolute atomic E-state index is 0.171. The first-order chi connectivity index (χ1) is 11.9. The molecule has 128 valence electrons. The highest BCUT2D eigenvalue weighted by molar-refractivity contribution is 5.99. The highest BCUT2D eigenvalue weighted by Crippen LogP contribution is 2.25. The first-order valence-corrected chi connectivity index (χ1v) is 7.82. The Morgan fingerprint density at radius 3 is 2.48 bits per heavy atom. The molecule has 0 aliphatic carbocycles. The molecule has 1 aromatic carbocycles. The maximum atomic E-state index is 12.2. The van der Waals surface area contributed by atoms with Crippen molar-refractivity contribution in [2.75, 3.05) is 10.6 Å². The molecule has 0 saturated carbocycles. The minimum Gasteiger partial charge on any atom is -0.359 e. The number of amides is 2. The Balaban J connectivity index is 1.68.